The molecule has 4 nitrogen and oxygen atoms in total. The maximum atomic E-state index is 9.01. The lowest BCUT2D eigenvalue weighted by Crippen LogP contribution is -2.51. The van der Waals surface area contributed by atoms with Crippen LogP contribution in [0.25, 0.3) is 0 Å². The molecule has 0 aliphatic heterocycles. The molecule has 2 N–H and O–H groups in total. The van der Waals surface area contributed by atoms with Crippen molar-refractivity contribution in [1.29, 1.82) is 0 Å². The second kappa shape index (κ2) is 2.41. The van der Waals surface area contributed by atoms with Gasteiger partial charge in [0, 0.05) is 0 Å². The Morgan fingerprint density at radius 1 is 1.62 bits per heavy atom. The van der Waals surface area contributed by atoms with Gasteiger partial charge in [-0.15, -0.1) is 0 Å². The molecule has 0 heterocycles. The Bertz CT molecular complexity index is 72.4. The Balaban J connectivity index is 3.71. The van der Waals surface area contributed by atoms with Gasteiger partial charge in [-0.05, 0) is 12.1 Å². The second-order valence-corrected chi connectivity index (χ2v) is 1.89. The average molecular weight is 121 g/mol. The third kappa shape index (κ3) is 1.75. The minimum atomic E-state index is -0.486. The Labute approximate surface area is 49.0 Å². The van der Waals surface area contributed by atoms with E-state index >= 15 is 0 Å². The molecule has 0 amide bonds. The molecule has 0 rings (SSSR count). The molecule has 0 spiro atoms. The van der Waals surface area contributed by atoms with Crippen LogP contribution in [0.2, 0.25) is 0 Å². The number of nitrogens with zero attached hydrogens (tertiary/aromatic N) is 2. The topological polar surface area (TPSA) is 43.7 Å². The standard InChI is InChI=1S/C4H13N2O2/c1-4-6(3,8)5(2)7/h7-8H,4H2,1-3H3/q+1. The van der Waals surface area contributed by atoms with Crippen LogP contribution in [0, 0.1) is 0 Å². The van der Waals surface area contributed by atoms with E-state index in [9.17, 15) is 0 Å². The van der Waals surface area contributed by atoms with Gasteiger partial charge in [0.1, 0.15) is 13.6 Å². The van der Waals surface area contributed by atoms with Crippen LogP contribution < -0.4 is 0 Å². The molecule has 4 heteroatoms. The van der Waals surface area contributed by atoms with E-state index in [-0.39, 0.29) is 0 Å². The molecule has 1 unspecified atom stereocenters. The molecular weight excluding hydrogens is 108 g/mol. The van der Waals surface area contributed by atoms with Crippen LogP contribution >= 0.6 is 0 Å². The SMILES string of the molecule is CC[N+](C)(O)N(C)O. The summed E-state index contributed by atoms with van der Waals surface area (Å²) in [7, 11) is 2.88. The normalized spacial score (nSPS) is 18.8. The first-order chi connectivity index (χ1) is 3.50. The first-order valence-corrected chi connectivity index (χ1v) is 2.52. The van der Waals surface area contributed by atoms with Crippen LogP contribution in [0.4, 0.5) is 0 Å². The quantitative estimate of drug-likeness (QED) is 0.401. The van der Waals surface area contributed by atoms with Crippen molar-refractivity contribution in [3.63, 3.8) is 0 Å². The molecule has 0 saturated carbocycles. The zero-order valence-corrected chi connectivity index (χ0v) is 5.50. The van der Waals surface area contributed by atoms with Gasteiger partial charge in [0.2, 0.25) is 0 Å². The van der Waals surface area contributed by atoms with Crippen molar-refractivity contribution in [2.45, 2.75) is 6.92 Å². The Kier molecular flexibility index (Phi) is 2.36. The molecule has 0 aromatic carbocycles. The van der Waals surface area contributed by atoms with Crippen molar-refractivity contribution < 1.29 is 15.2 Å². The van der Waals surface area contributed by atoms with E-state index in [4.69, 9.17) is 10.4 Å². The summed E-state index contributed by atoms with van der Waals surface area (Å²) in [4.78, 5) is 0. The summed E-state index contributed by atoms with van der Waals surface area (Å²) in [6.07, 6.45) is 0. The molecule has 50 valence electrons. The fraction of sp³-hybridized carbons (Fsp3) is 1.00. The van der Waals surface area contributed by atoms with E-state index in [1.54, 1.807) is 6.92 Å². The average Bonchev–Trinajstić information content (AvgIpc) is 1.67. The summed E-state index contributed by atoms with van der Waals surface area (Å²) in [6.45, 7) is 2.22. The summed E-state index contributed by atoms with van der Waals surface area (Å²) in [6, 6.07) is 0. The van der Waals surface area contributed by atoms with Crippen molar-refractivity contribution >= 4 is 0 Å². The number of hydrogen-bond acceptors (Lipinski definition) is 3. The van der Waals surface area contributed by atoms with Gasteiger partial charge >= 0.3 is 0 Å². The van der Waals surface area contributed by atoms with Crippen molar-refractivity contribution in [3.8, 4) is 0 Å². The van der Waals surface area contributed by atoms with Gasteiger partial charge in [-0.3, -0.25) is 5.21 Å². The van der Waals surface area contributed by atoms with E-state index in [0.717, 1.165) is 5.17 Å². The first kappa shape index (κ1) is 7.84. The number of quaternary nitrogens is 1. The van der Waals surface area contributed by atoms with E-state index < -0.39 is 4.76 Å². The predicted octanol–water partition coefficient (Wildman–Crippen LogP) is 0.0781. The molecule has 1 atom stereocenters. The molecule has 0 aliphatic carbocycles. The Hall–Kier alpha value is -0.160. The van der Waals surface area contributed by atoms with Crippen LogP contribution in [0.1, 0.15) is 6.92 Å². The molecule has 0 aromatic rings. The largest absolute Gasteiger partial charge is 0.267 e. The molecule has 8 heavy (non-hydrogen) atoms. The lowest BCUT2D eigenvalue weighted by atomic mass is 10.7. The van der Waals surface area contributed by atoms with Crippen molar-refractivity contribution in [1.82, 2.24) is 5.17 Å². The minimum absolute atomic E-state index is 0.451. The van der Waals surface area contributed by atoms with Gasteiger partial charge in [0.05, 0.1) is 7.05 Å². The summed E-state index contributed by atoms with van der Waals surface area (Å²) < 4.78 is -0.486. The highest BCUT2D eigenvalue weighted by molar-refractivity contribution is 4.01. The smallest absolute Gasteiger partial charge is 0.128 e. The zero-order chi connectivity index (χ0) is 6.78. The van der Waals surface area contributed by atoms with Crippen LogP contribution in [0.5, 0.6) is 0 Å². The van der Waals surface area contributed by atoms with Gasteiger partial charge in [-0.1, -0.05) is 4.76 Å². The molecule has 0 radical (unpaired) electrons. The number of hydroxylamine groups is 3. The Morgan fingerprint density at radius 3 is 2.00 bits per heavy atom. The molecule has 0 bridgehead atoms. The highest BCUT2D eigenvalue weighted by Gasteiger charge is 2.20. The lowest BCUT2D eigenvalue weighted by Gasteiger charge is -2.26. The third-order valence-electron chi connectivity index (χ3n) is 1.22. The summed E-state index contributed by atoms with van der Waals surface area (Å²) in [5.74, 6) is 0. The van der Waals surface area contributed by atoms with Gasteiger partial charge < -0.3 is 0 Å². The maximum absolute atomic E-state index is 9.01. The van der Waals surface area contributed by atoms with E-state index in [1.165, 1.54) is 14.1 Å². The Morgan fingerprint density at radius 2 is 2.00 bits per heavy atom. The van der Waals surface area contributed by atoms with Crippen LogP contribution in [0.15, 0.2) is 0 Å². The predicted molar refractivity (Wildman–Crippen MR) is 28.1 cm³/mol. The highest BCUT2D eigenvalue weighted by Crippen LogP contribution is 1.95. The minimum Gasteiger partial charge on any atom is -0.267 e. The summed E-state index contributed by atoms with van der Waals surface area (Å²) in [5.41, 5.74) is 0. The van der Waals surface area contributed by atoms with Crippen LogP contribution in [-0.2, 0) is 0 Å². The zero-order valence-electron chi connectivity index (χ0n) is 5.50. The first-order valence-electron chi connectivity index (χ1n) is 2.52. The fourth-order valence-electron chi connectivity index (χ4n) is 0.205. The van der Waals surface area contributed by atoms with Crippen molar-refractivity contribution in [2.24, 2.45) is 0 Å². The summed E-state index contributed by atoms with van der Waals surface area (Å²) >= 11 is 0. The molecular formula is C4H13N2O2+. The van der Waals surface area contributed by atoms with Crippen molar-refractivity contribution in [3.05, 3.63) is 0 Å². The highest BCUT2D eigenvalue weighted by atomic mass is 16.7. The van der Waals surface area contributed by atoms with Crippen molar-refractivity contribution in [2.75, 3.05) is 20.6 Å². The fourth-order valence-corrected chi connectivity index (χ4v) is 0.205. The maximum Gasteiger partial charge on any atom is 0.128 e. The van der Waals surface area contributed by atoms with E-state index in [0.29, 0.717) is 6.54 Å². The van der Waals surface area contributed by atoms with Gasteiger partial charge in [-0.2, -0.15) is 5.21 Å². The van der Waals surface area contributed by atoms with E-state index in [1.807, 2.05) is 0 Å². The van der Waals surface area contributed by atoms with Gasteiger partial charge in [0.25, 0.3) is 0 Å². The third-order valence-corrected chi connectivity index (χ3v) is 1.22. The van der Waals surface area contributed by atoms with E-state index in [2.05, 4.69) is 0 Å². The molecule has 0 saturated heterocycles. The second-order valence-electron chi connectivity index (χ2n) is 1.89. The summed E-state index contributed by atoms with van der Waals surface area (Å²) in [5, 5.41) is 18.4. The lowest BCUT2D eigenvalue weighted by molar-refractivity contribution is -1.20. The molecule has 0 aliphatic rings. The van der Waals surface area contributed by atoms with Gasteiger partial charge in [-0.25, -0.2) is 0 Å². The van der Waals surface area contributed by atoms with Crippen LogP contribution in [-0.4, -0.2) is 41.0 Å². The number of rotatable bonds is 2. The number of hydrogen-bond donors (Lipinski definition) is 2. The molecule has 0 fully saturated rings. The molecule has 0 aromatic heterocycles. The monoisotopic (exact) mass is 121 g/mol. The van der Waals surface area contributed by atoms with Gasteiger partial charge in [0.15, 0.2) is 0 Å². The van der Waals surface area contributed by atoms with Crippen LogP contribution in [0.3, 0.4) is 0 Å².